The molecule has 1 amide bonds. The summed E-state index contributed by atoms with van der Waals surface area (Å²) in [5.41, 5.74) is 5.92. The lowest BCUT2D eigenvalue weighted by Crippen LogP contribution is -2.43. The summed E-state index contributed by atoms with van der Waals surface area (Å²) < 4.78 is 11.3. The van der Waals surface area contributed by atoms with E-state index in [0.29, 0.717) is 26.1 Å². The summed E-state index contributed by atoms with van der Waals surface area (Å²) in [6.45, 7) is 5.67. The van der Waals surface area contributed by atoms with Gasteiger partial charge in [0, 0.05) is 24.5 Å². The van der Waals surface area contributed by atoms with Crippen molar-refractivity contribution in [3.63, 3.8) is 0 Å². The third kappa shape index (κ3) is 4.75. The second-order valence-electron chi connectivity index (χ2n) is 7.81. The van der Waals surface area contributed by atoms with E-state index in [4.69, 9.17) is 9.47 Å². The quantitative estimate of drug-likeness (QED) is 0.630. The number of morpholine rings is 1. The molecule has 1 unspecified atom stereocenters. The predicted molar refractivity (Wildman–Crippen MR) is 119 cm³/mol. The van der Waals surface area contributed by atoms with Crippen LogP contribution < -0.4 is 4.74 Å². The largest absolute Gasteiger partial charge is 0.497 e. The van der Waals surface area contributed by atoms with Gasteiger partial charge in [0.2, 0.25) is 5.91 Å². The first-order valence-electron chi connectivity index (χ1n) is 10.5. The second-order valence-corrected chi connectivity index (χ2v) is 7.81. The summed E-state index contributed by atoms with van der Waals surface area (Å²) in [6, 6.07) is 13.9. The molecule has 0 saturated carbocycles. The number of benzene rings is 2. The molecular weight excluding hydrogens is 390 g/mol. The first-order valence-corrected chi connectivity index (χ1v) is 10.5. The summed E-state index contributed by atoms with van der Waals surface area (Å²) in [4.78, 5) is 24.0. The second kappa shape index (κ2) is 9.27. The highest BCUT2D eigenvalue weighted by Gasteiger charge is 2.28. The zero-order valence-electron chi connectivity index (χ0n) is 18.2. The Balaban J connectivity index is 1.52. The van der Waals surface area contributed by atoms with E-state index in [2.05, 4.69) is 35.9 Å². The standard InChI is InChI=1S/C25H27N3O3/c1-17-4-5-19(14-18(17)2)15-23(29)28-12-13-31-22(16-28)25-24(26-10-11-27-25)20-6-8-21(30-3)9-7-20/h4-11,14,22H,12-13,15-16H2,1-3H3. The normalized spacial score (nSPS) is 16.2. The average molecular weight is 418 g/mol. The van der Waals surface area contributed by atoms with Crippen LogP contribution in [0, 0.1) is 13.8 Å². The topological polar surface area (TPSA) is 64.6 Å². The highest BCUT2D eigenvalue weighted by Crippen LogP contribution is 2.30. The van der Waals surface area contributed by atoms with Gasteiger partial charge in [-0.25, -0.2) is 0 Å². The van der Waals surface area contributed by atoms with Crippen molar-refractivity contribution in [2.75, 3.05) is 26.8 Å². The van der Waals surface area contributed by atoms with Gasteiger partial charge in [-0.05, 0) is 54.8 Å². The smallest absolute Gasteiger partial charge is 0.227 e. The molecule has 6 heteroatoms. The maximum atomic E-state index is 13.0. The number of amides is 1. The van der Waals surface area contributed by atoms with Crippen LogP contribution in [-0.2, 0) is 16.0 Å². The Labute approximate surface area is 182 Å². The molecule has 6 nitrogen and oxygen atoms in total. The van der Waals surface area contributed by atoms with E-state index in [1.807, 2.05) is 35.2 Å². The number of ether oxygens (including phenoxy) is 2. The van der Waals surface area contributed by atoms with Crippen molar-refractivity contribution in [1.82, 2.24) is 14.9 Å². The number of methoxy groups -OCH3 is 1. The molecule has 1 saturated heterocycles. The van der Waals surface area contributed by atoms with E-state index in [1.54, 1.807) is 19.5 Å². The summed E-state index contributed by atoms with van der Waals surface area (Å²) >= 11 is 0. The van der Waals surface area contributed by atoms with Crippen LogP contribution >= 0.6 is 0 Å². The minimum atomic E-state index is -0.316. The molecule has 0 radical (unpaired) electrons. The molecule has 0 spiro atoms. The average Bonchev–Trinajstić information content (AvgIpc) is 2.81. The van der Waals surface area contributed by atoms with Gasteiger partial charge in [-0.1, -0.05) is 18.2 Å². The third-order valence-electron chi connectivity index (χ3n) is 5.74. The lowest BCUT2D eigenvalue weighted by atomic mass is 10.0. The van der Waals surface area contributed by atoms with Gasteiger partial charge in [0.25, 0.3) is 0 Å². The van der Waals surface area contributed by atoms with Crippen LogP contribution in [0.2, 0.25) is 0 Å². The lowest BCUT2D eigenvalue weighted by Gasteiger charge is -2.33. The van der Waals surface area contributed by atoms with Gasteiger partial charge in [-0.15, -0.1) is 0 Å². The summed E-state index contributed by atoms with van der Waals surface area (Å²) in [5, 5.41) is 0. The number of carbonyl (C=O) groups excluding carboxylic acids is 1. The number of hydrogen-bond donors (Lipinski definition) is 0. The lowest BCUT2D eigenvalue weighted by molar-refractivity contribution is -0.138. The minimum absolute atomic E-state index is 0.103. The highest BCUT2D eigenvalue weighted by molar-refractivity contribution is 5.79. The van der Waals surface area contributed by atoms with Gasteiger partial charge >= 0.3 is 0 Å². The Morgan fingerprint density at radius 3 is 2.61 bits per heavy atom. The van der Waals surface area contributed by atoms with Crippen molar-refractivity contribution < 1.29 is 14.3 Å². The Hall–Kier alpha value is -3.25. The molecule has 2 heterocycles. The molecule has 1 fully saturated rings. The fourth-order valence-corrected chi connectivity index (χ4v) is 3.80. The van der Waals surface area contributed by atoms with Crippen LogP contribution in [0.15, 0.2) is 54.9 Å². The molecule has 0 N–H and O–H groups in total. The van der Waals surface area contributed by atoms with Crippen molar-refractivity contribution >= 4 is 5.91 Å². The molecule has 3 aromatic rings. The number of aromatic nitrogens is 2. The van der Waals surface area contributed by atoms with Crippen LogP contribution in [0.25, 0.3) is 11.3 Å². The number of rotatable bonds is 5. The molecule has 0 aliphatic carbocycles. The molecule has 1 aliphatic rings. The molecule has 2 aromatic carbocycles. The summed E-state index contributed by atoms with van der Waals surface area (Å²) in [5.74, 6) is 0.887. The maximum Gasteiger partial charge on any atom is 0.227 e. The number of carbonyl (C=O) groups is 1. The Bertz CT molecular complexity index is 1070. The van der Waals surface area contributed by atoms with Gasteiger partial charge in [0.15, 0.2) is 0 Å². The van der Waals surface area contributed by atoms with Gasteiger partial charge < -0.3 is 14.4 Å². The van der Waals surface area contributed by atoms with Crippen LogP contribution in [0.5, 0.6) is 5.75 Å². The fourth-order valence-electron chi connectivity index (χ4n) is 3.80. The summed E-state index contributed by atoms with van der Waals surface area (Å²) in [7, 11) is 1.64. The zero-order chi connectivity index (χ0) is 21.8. The van der Waals surface area contributed by atoms with Crippen molar-refractivity contribution in [3.05, 3.63) is 77.2 Å². The van der Waals surface area contributed by atoms with E-state index < -0.39 is 0 Å². The number of nitrogens with zero attached hydrogens (tertiary/aromatic N) is 3. The first-order chi connectivity index (χ1) is 15.0. The van der Waals surface area contributed by atoms with Gasteiger partial charge in [0.1, 0.15) is 11.9 Å². The molecule has 1 aromatic heterocycles. The highest BCUT2D eigenvalue weighted by atomic mass is 16.5. The van der Waals surface area contributed by atoms with Crippen LogP contribution in [-0.4, -0.2) is 47.6 Å². The molecule has 0 bridgehead atoms. The summed E-state index contributed by atoms with van der Waals surface area (Å²) in [6.07, 6.45) is 3.42. The zero-order valence-corrected chi connectivity index (χ0v) is 18.2. The van der Waals surface area contributed by atoms with Gasteiger partial charge in [0.05, 0.1) is 38.1 Å². The van der Waals surface area contributed by atoms with Gasteiger partial charge in [-0.3, -0.25) is 14.8 Å². The van der Waals surface area contributed by atoms with Crippen molar-refractivity contribution in [3.8, 4) is 17.0 Å². The van der Waals surface area contributed by atoms with E-state index in [0.717, 1.165) is 28.3 Å². The first kappa shape index (κ1) is 21.0. The molecule has 4 rings (SSSR count). The molecule has 1 atom stereocenters. The maximum absolute atomic E-state index is 13.0. The minimum Gasteiger partial charge on any atom is -0.497 e. The molecule has 160 valence electrons. The van der Waals surface area contributed by atoms with E-state index >= 15 is 0 Å². The van der Waals surface area contributed by atoms with Crippen LogP contribution in [0.3, 0.4) is 0 Å². The Morgan fingerprint density at radius 1 is 1.10 bits per heavy atom. The monoisotopic (exact) mass is 417 g/mol. The van der Waals surface area contributed by atoms with Crippen molar-refractivity contribution in [1.29, 1.82) is 0 Å². The third-order valence-corrected chi connectivity index (χ3v) is 5.74. The van der Waals surface area contributed by atoms with Crippen molar-refractivity contribution in [2.24, 2.45) is 0 Å². The van der Waals surface area contributed by atoms with Crippen molar-refractivity contribution in [2.45, 2.75) is 26.4 Å². The van der Waals surface area contributed by atoms with E-state index in [1.165, 1.54) is 11.1 Å². The Kier molecular flexibility index (Phi) is 6.28. The van der Waals surface area contributed by atoms with E-state index in [-0.39, 0.29) is 12.0 Å². The number of hydrogen-bond acceptors (Lipinski definition) is 5. The fraction of sp³-hybridized carbons (Fsp3) is 0.320. The molecule has 31 heavy (non-hydrogen) atoms. The number of aryl methyl sites for hydroxylation is 2. The van der Waals surface area contributed by atoms with Gasteiger partial charge in [-0.2, -0.15) is 0 Å². The van der Waals surface area contributed by atoms with E-state index in [9.17, 15) is 4.79 Å². The molecular formula is C25H27N3O3. The Morgan fingerprint density at radius 2 is 1.87 bits per heavy atom. The predicted octanol–water partition coefficient (Wildman–Crippen LogP) is 3.91. The SMILES string of the molecule is COc1ccc(-c2nccnc2C2CN(C(=O)Cc3ccc(C)c(C)c3)CCO2)cc1. The van der Waals surface area contributed by atoms with Crippen LogP contribution in [0.4, 0.5) is 0 Å². The van der Waals surface area contributed by atoms with Crippen LogP contribution in [0.1, 0.15) is 28.5 Å². The molecule has 1 aliphatic heterocycles.